The summed E-state index contributed by atoms with van der Waals surface area (Å²) in [5, 5.41) is 30.4. The number of carbonyl (C=O) groups excluding carboxylic acids is 1. The van der Waals surface area contributed by atoms with Crippen LogP contribution in [0.25, 0.3) is 0 Å². The van der Waals surface area contributed by atoms with Crippen LogP contribution in [-0.2, 0) is 9.53 Å². The summed E-state index contributed by atoms with van der Waals surface area (Å²) in [5.74, 6) is -2.38. The Hall–Kier alpha value is -4.60. The van der Waals surface area contributed by atoms with Crippen LogP contribution in [0.2, 0.25) is 0 Å². The van der Waals surface area contributed by atoms with Crippen molar-refractivity contribution in [1.29, 1.82) is 0 Å². The number of carboxylic acid groups (broad SMARTS) is 3. The maximum Gasteiger partial charge on any atom is 0.335 e. The molecule has 10 heteroatoms. The monoisotopic (exact) mass is 576 g/mol. The number of hydrogen-bond donors (Lipinski definition) is 4. The second-order valence-corrected chi connectivity index (χ2v) is 10.7. The molecule has 0 heterocycles. The summed E-state index contributed by atoms with van der Waals surface area (Å²) in [5.41, 5.74) is 1.48. The first kappa shape index (κ1) is 30.4. The van der Waals surface area contributed by atoms with E-state index < -0.39 is 23.9 Å². The average Bonchev–Trinajstić information content (AvgIpc) is 2.99. The number of ether oxygens (including phenoxy) is 1. The number of aromatic carboxylic acids is 2. The molecule has 0 aromatic heterocycles. The summed E-state index contributed by atoms with van der Waals surface area (Å²) in [6, 6.07) is 10.9. The zero-order valence-electron chi connectivity index (χ0n) is 23.3. The molecule has 0 radical (unpaired) electrons. The summed E-state index contributed by atoms with van der Waals surface area (Å²) in [6.45, 7) is 0.598. The van der Waals surface area contributed by atoms with Crippen LogP contribution in [0, 0.1) is 5.92 Å². The van der Waals surface area contributed by atoms with Crippen molar-refractivity contribution in [3.05, 3.63) is 83.1 Å². The molecule has 1 unspecified atom stereocenters. The lowest BCUT2D eigenvalue weighted by Gasteiger charge is -2.28. The van der Waals surface area contributed by atoms with Gasteiger partial charge < -0.3 is 25.4 Å². The van der Waals surface area contributed by atoms with E-state index in [1.807, 2.05) is 30.4 Å². The number of amides is 2. The van der Waals surface area contributed by atoms with Gasteiger partial charge in [0.25, 0.3) is 0 Å². The molecule has 222 valence electrons. The molecule has 2 amide bonds. The standard InChI is InChI=1S/C32H36N2O8/c35-29(36)7-4-16-42-28-14-8-21(9-15-28)20-34(27-12-10-23(11-13-27)22-5-2-1-3-6-22)32(41)33-26-18-24(30(37)38)17-25(19-26)31(39)40/h8,10-15,17-19,21-22H,1-7,9,16,20H2,(H,33,41)(H,35,36)(H,37,38)(H,39,40). The van der Waals surface area contributed by atoms with Crippen LogP contribution in [0.1, 0.15) is 83.6 Å². The second kappa shape index (κ2) is 14.3. The van der Waals surface area contributed by atoms with Crippen LogP contribution in [0.15, 0.2) is 66.5 Å². The highest BCUT2D eigenvalue weighted by atomic mass is 16.5. The number of aliphatic carboxylic acids is 1. The molecule has 0 spiro atoms. The van der Waals surface area contributed by atoms with Crippen molar-refractivity contribution in [2.24, 2.45) is 5.92 Å². The van der Waals surface area contributed by atoms with Crippen LogP contribution in [-0.4, -0.2) is 52.4 Å². The summed E-state index contributed by atoms with van der Waals surface area (Å²) >= 11 is 0. The molecular weight excluding hydrogens is 540 g/mol. The molecule has 2 aliphatic rings. The fourth-order valence-electron chi connectivity index (χ4n) is 5.34. The molecule has 0 aliphatic heterocycles. The molecule has 1 fully saturated rings. The SMILES string of the molecule is O=C(O)CCCOC1=CCC(CN(C(=O)Nc2cc(C(=O)O)cc(C(=O)O)c2)c2ccc(C3CCCCC3)cc2)C=C1. The topological polar surface area (TPSA) is 153 Å². The molecule has 4 rings (SSSR count). The smallest absolute Gasteiger partial charge is 0.335 e. The van der Waals surface area contributed by atoms with Gasteiger partial charge in [-0.25, -0.2) is 14.4 Å². The maximum absolute atomic E-state index is 13.6. The lowest BCUT2D eigenvalue weighted by Crippen LogP contribution is -2.38. The van der Waals surface area contributed by atoms with Gasteiger partial charge in [0.1, 0.15) is 5.76 Å². The lowest BCUT2D eigenvalue weighted by atomic mass is 9.84. The molecule has 1 atom stereocenters. The highest BCUT2D eigenvalue weighted by Crippen LogP contribution is 2.34. The van der Waals surface area contributed by atoms with Crippen molar-refractivity contribution < 1.29 is 39.2 Å². The Labute approximate surface area is 244 Å². The number of benzene rings is 2. The first-order chi connectivity index (χ1) is 20.2. The lowest BCUT2D eigenvalue weighted by molar-refractivity contribution is -0.137. The highest BCUT2D eigenvalue weighted by molar-refractivity contribution is 6.04. The fraction of sp³-hybridized carbons (Fsp3) is 0.375. The first-order valence-corrected chi connectivity index (χ1v) is 14.2. The third kappa shape index (κ3) is 8.45. The zero-order chi connectivity index (χ0) is 30.1. The van der Waals surface area contributed by atoms with Gasteiger partial charge in [-0.1, -0.05) is 37.5 Å². The predicted molar refractivity (Wildman–Crippen MR) is 157 cm³/mol. The Morgan fingerprint density at radius 3 is 2.14 bits per heavy atom. The Kier molecular flexibility index (Phi) is 10.4. The van der Waals surface area contributed by atoms with Crippen LogP contribution >= 0.6 is 0 Å². The minimum atomic E-state index is -1.30. The number of hydrogen-bond acceptors (Lipinski definition) is 5. The third-order valence-corrected chi connectivity index (χ3v) is 7.58. The third-order valence-electron chi connectivity index (χ3n) is 7.58. The molecule has 0 bridgehead atoms. The van der Waals surface area contributed by atoms with Gasteiger partial charge in [0.15, 0.2) is 0 Å². The summed E-state index contributed by atoms with van der Waals surface area (Å²) < 4.78 is 5.65. The van der Waals surface area contributed by atoms with E-state index in [1.54, 1.807) is 4.90 Å². The highest BCUT2D eigenvalue weighted by Gasteiger charge is 2.23. The molecule has 42 heavy (non-hydrogen) atoms. The van der Waals surface area contributed by atoms with Crippen LogP contribution < -0.4 is 10.2 Å². The molecule has 1 saturated carbocycles. The van der Waals surface area contributed by atoms with Gasteiger partial charge >= 0.3 is 23.9 Å². The minimum absolute atomic E-state index is 0.0343. The van der Waals surface area contributed by atoms with Crippen LogP contribution in [0.3, 0.4) is 0 Å². The van der Waals surface area contributed by atoms with Gasteiger partial charge in [-0.15, -0.1) is 0 Å². The Morgan fingerprint density at radius 1 is 0.905 bits per heavy atom. The maximum atomic E-state index is 13.6. The predicted octanol–water partition coefficient (Wildman–Crippen LogP) is 6.51. The Balaban J connectivity index is 1.51. The van der Waals surface area contributed by atoms with Crippen molar-refractivity contribution in [3.63, 3.8) is 0 Å². The quantitative estimate of drug-likeness (QED) is 0.209. The van der Waals surface area contributed by atoms with E-state index in [-0.39, 0.29) is 29.2 Å². The largest absolute Gasteiger partial charge is 0.494 e. The number of nitrogens with one attached hydrogen (secondary N) is 1. The van der Waals surface area contributed by atoms with Crippen molar-refractivity contribution in [1.82, 2.24) is 0 Å². The summed E-state index contributed by atoms with van der Waals surface area (Å²) in [7, 11) is 0. The normalized spacial score (nSPS) is 16.8. The van der Waals surface area contributed by atoms with Crippen LogP contribution in [0.4, 0.5) is 16.2 Å². The number of anilines is 2. The Morgan fingerprint density at radius 2 is 1.57 bits per heavy atom. The molecule has 2 aromatic rings. The van der Waals surface area contributed by atoms with E-state index in [9.17, 15) is 29.4 Å². The van der Waals surface area contributed by atoms with Gasteiger partial charge in [-0.2, -0.15) is 0 Å². The second-order valence-electron chi connectivity index (χ2n) is 10.7. The molecule has 2 aliphatic carbocycles. The molecular formula is C32H36N2O8. The number of urea groups is 1. The van der Waals surface area contributed by atoms with Crippen molar-refractivity contribution >= 4 is 35.3 Å². The summed E-state index contributed by atoms with van der Waals surface area (Å²) in [6.07, 6.45) is 12.7. The van der Waals surface area contributed by atoms with Gasteiger partial charge in [0.05, 0.1) is 17.7 Å². The molecule has 2 aromatic carbocycles. The molecule has 10 nitrogen and oxygen atoms in total. The van der Waals surface area contributed by atoms with E-state index in [1.165, 1.54) is 37.0 Å². The van der Waals surface area contributed by atoms with Gasteiger partial charge in [-0.3, -0.25) is 9.69 Å². The van der Waals surface area contributed by atoms with Crippen molar-refractivity contribution in [2.45, 2.75) is 57.3 Å². The van der Waals surface area contributed by atoms with E-state index in [4.69, 9.17) is 9.84 Å². The van der Waals surface area contributed by atoms with E-state index in [0.29, 0.717) is 43.4 Å². The number of nitrogens with zero attached hydrogens (tertiary/aromatic N) is 1. The van der Waals surface area contributed by atoms with Gasteiger partial charge in [0, 0.05) is 24.3 Å². The number of rotatable bonds is 12. The van der Waals surface area contributed by atoms with Gasteiger partial charge in [-0.05, 0) is 85.6 Å². The molecule has 4 N–H and O–H groups in total. The zero-order valence-corrected chi connectivity index (χ0v) is 23.3. The average molecular weight is 577 g/mol. The van der Waals surface area contributed by atoms with E-state index >= 15 is 0 Å². The Bertz CT molecular complexity index is 1330. The van der Waals surface area contributed by atoms with E-state index in [0.717, 1.165) is 18.9 Å². The van der Waals surface area contributed by atoms with Gasteiger partial charge in [0.2, 0.25) is 0 Å². The fourth-order valence-corrected chi connectivity index (χ4v) is 5.34. The van der Waals surface area contributed by atoms with Crippen molar-refractivity contribution in [3.8, 4) is 0 Å². The molecule has 0 saturated heterocycles. The number of carbonyl (C=O) groups is 4. The minimum Gasteiger partial charge on any atom is -0.494 e. The van der Waals surface area contributed by atoms with Crippen molar-refractivity contribution in [2.75, 3.05) is 23.4 Å². The first-order valence-electron chi connectivity index (χ1n) is 14.2. The summed E-state index contributed by atoms with van der Waals surface area (Å²) in [4.78, 5) is 49.0. The van der Waals surface area contributed by atoms with Crippen LogP contribution in [0.5, 0.6) is 0 Å². The number of carboxylic acids is 3. The van der Waals surface area contributed by atoms with E-state index in [2.05, 4.69) is 17.4 Å². The number of allylic oxidation sites excluding steroid dienone is 2.